The zero-order valence-electron chi connectivity index (χ0n) is 13.9. The van der Waals surface area contributed by atoms with Crippen LogP contribution in [0.5, 0.6) is 11.5 Å². The molecule has 8 heteroatoms. The zero-order valence-corrected chi connectivity index (χ0v) is 13.9. The van der Waals surface area contributed by atoms with Gasteiger partial charge in [0.25, 0.3) is 5.56 Å². The Balaban J connectivity index is 2.08. The van der Waals surface area contributed by atoms with Gasteiger partial charge >= 0.3 is 0 Å². The van der Waals surface area contributed by atoms with Crippen molar-refractivity contribution in [3.63, 3.8) is 0 Å². The lowest BCUT2D eigenvalue weighted by Gasteiger charge is -2.10. The average molecular weight is 340 g/mol. The quantitative estimate of drug-likeness (QED) is 0.752. The number of rotatable bonds is 4. The smallest absolute Gasteiger partial charge is 0.278 e. The molecular weight excluding hydrogens is 324 g/mol. The molecule has 3 rings (SSSR count). The molecule has 1 aromatic carbocycles. The van der Waals surface area contributed by atoms with Crippen molar-refractivity contribution in [1.29, 1.82) is 0 Å². The van der Waals surface area contributed by atoms with Gasteiger partial charge in [-0.2, -0.15) is 0 Å². The van der Waals surface area contributed by atoms with Crippen LogP contribution in [0.1, 0.15) is 6.92 Å². The van der Waals surface area contributed by atoms with Gasteiger partial charge in [-0.3, -0.25) is 19.9 Å². The molecule has 3 aromatic rings. The molecule has 8 nitrogen and oxygen atoms in total. The second kappa shape index (κ2) is 6.60. The summed E-state index contributed by atoms with van der Waals surface area (Å²) in [6.45, 7) is 1.34. The predicted molar refractivity (Wildman–Crippen MR) is 93.0 cm³/mol. The van der Waals surface area contributed by atoms with Crippen molar-refractivity contribution in [1.82, 2.24) is 15.0 Å². The molecule has 2 aromatic heterocycles. The SMILES string of the molecule is COc1ccc(-c2ccc3nc(NC(C)=O)[nH]c(=O)c3n2)cc1OC. The van der Waals surface area contributed by atoms with Gasteiger partial charge in [-0.05, 0) is 30.3 Å². The fraction of sp³-hybridized carbons (Fsp3) is 0.176. The largest absolute Gasteiger partial charge is 0.493 e. The summed E-state index contributed by atoms with van der Waals surface area (Å²) in [5.41, 5.74) is 1.49. The number of fused-ring (bicyclic) bond motifs is 1. The number of carbonyl (C=O) groups excluding carboxylic acids is 1. The standard InChI is InChI=1S/C17H16N4O4/c1-9(22)18-17-20-12-6-5-11(19-15(12)16(23)21-17)10-4-7-13(24-2)14(8-10)25-3/h4-8H,1-3H3,(H2,18,20,21,22,23). The van der Waals surface area contributed by atoms with Crippen molar-refractivity contribution in [3.05, 3.63) is 40.7 Å². The van der Waals surface area contributed by atoms with Gasteiger partial charge in [0.1, 0.15) is 0 Å². The summed E-state index contributed by atoms with van der Waals surface area (Å²) in [4.78, 5) is 34.4. The van der Waals surface area contributed by atoms with Crippen LogP contribution in [0.15, 0.2) is 35.1 Å². The summed E-state index contributed by atoms with van der Waals surface area (Å²) < 4.78 is 10.5. The highest BCUT2D eigenvalue weighted by molar-refractivity contribution is 5.88. The molecule has 0 atom stereocenters. The molecule has 0 radical (unpaired) electrons. The number of anilines is 1. The number of carbonyl (C=O) groups is 1. The summed E-state index contributed by atoms with van der Waals surface area (Å²) in [6, 6.07) is 8.79. The van der Waals surface area contributed by atoms with E-state index in [9.17, 15) is 9.59 Å². The fourth-order valence-corrected chi connectivity index (χ4v) is 2.41. The van der Waals surface area contributed by atoms with E-state index in [0.717, 1.165) is 5.56 Å². The predicted octanol–water partition coefficient (Wildman–Crippen LogP) is 1.96. The minimum Gasteiger partial charge on any atom is -0.493 e. The molecule has 2 heterocycles. The highest BCUT2D eigenvalue weighted by atomic mass is 16.5. The number of benzene rings is 1. The van der Waals surface area contributed by atoms with E-state index in [1.54, 1.807) is 38.5 Å². The lowest BCUT2D eigenvalue weighted by molar-refractivity contribution is -0.114. The Morgan fingerprint density at radius 2 is 1.84 bits per heavy atom. The molecular formula is C17H16N4O4. The molecule has 2 N–H and O–H groups in total. The van der Waals surface area contributed by atoms with E-state index < -0.39 is 5.56 Å². The Morgan fingerprint density at radius 1 is 1.08 bits per heavy atom. The Kier molecular flexibility index (Phi) is 4.34. The van der Waals surface area contributed by atoms with Gasteiger partial charge in [0.15, 0.2) is 17.0 Å². The fourth-order valence-electron chi connectivity index (χ4n) is 2.41. The number of H-pyrrole nitrogens is 1. The van der Waals surface area contributed by atoms with Gasteiger partial charge in [-0.25, -0.2) is 9.97 Å². The monoisotopic (exact) mass is 340 g/mol. The van der Waals surface area contributed by atoms with E-state index in [2.05, 4.69) is 20.3 Å². The lowest BCUT2D eigenvalue weighted by atomic mass is 10.1. The number of aromatic amines is 1. The van der Waals surface area contributed by atoms with Gasteiger partial charge in [0.2, 0.25) is 11.9 Å². The maximum atomic E-state index is 12.2. The first-order valence-corrected chi connectivity index (χ1v) is 7.43. The number of ether oxygens (including phenoxy) is 2. The molecule has 0 aliphatic rings. The summed E-state index contributed by atoms with van der Waals surface area (Å²) in [6.07, 6.45) is 0. The van der Waals surface area contributed by atoms with E-state index in [-0.39, 0.29) is 17.4 Å². The molecule has 0 bridgehead atoms. The Bertz CT molecular complexity index is 1010. The Hall–Kier alpha value is -3.42. The first kappa shape index (κ1) is 16.4. The summed E-state index contributed by atoms with van der Waals surface area (Å²) >= 11 is 0. The number of methoxy groups -OCH3 is 2. The van der Waals surface area contributed by atoms with Crippen LogP contribution >= 0.6 is 0 Å². The topological polar surface area (TPSA) is 106 Å². The minimum atomic E-state index is -0.434. The van der Waals surface area contributed by atoms with Gasteiger partial charge in [0, 0.05) is 12.5 Å². The van der Waals surface area contributed by atoms with Crippen molar-refractivity contribution < 1.29 is 14.3 Å². The Labute approximate surface area is 142 Å². The lowest BCUT2D eigenvalue weighted by Crippen LogP contribution is -2.16. The molecule has 0 unspecified atom stereocenters. The summed E-state index contributed by atoms with van der Waals surface area (Å²) in [5, 5.41) is 2.45. The van der Waals surface area contributed by atoms with Crippen molar-refractivity contribution in [3.8, 4) is 22.8 Å². The van der Waals surface area contributed by atoms with Crippen molar-refractivity contribution in [2.75, 3.05) is 19.5 Å². The van der Waals surface area contributed by atoms with Gasteiger partial charge < -0.3 is 9.47 Å². The number of nitrogens with one attached hydrogen (secondary N) is 2. The van der Waals surface area contributed by atoms with Gasteiger partial charge in [0.05, 0.1) is 25.4 Å². The maximum Gasteiger partial charge on any atom is 0.278 e. The molecule has 128 valence electrons. The second-order valence-electron chi connectivity index (χ2n) is 5.23. The number of hydrogen-bond donors (Lipinski definition) is 2. The molecule has 0 spiro atoms. The van der Waals surface area contributed by atoms with E-state index in [0.29, 0.717) is 22.7 Å². The highest BCUT2D eigenvalue weighted by Crippen LogP contribution is 2.31. The number of amides is 1. The second-order valence-corrected chi connectivity index (χ2v) is 5.23. The van der Waals surface area contributed by atoms with E-state index in [1.165, 1.54) is 6.92 Å². The maximum absolute atomic E-state index is 12.2. The summed E-state index contributed by atoms with van der Waals surface area (Å²) in [7, 11) is 3.11. The third kappa shape index (κ3) is 3.27. The molecule has 0 aliphatic carbocycles. The van der Waals surface area contributed by atoms with Crippen molar-refractivity contribution >= 4 is 22.9 Å². The zero-order chi connectivity index (χ0) is 18.0. The van der Waals surface area contributed by atoms with Crippen LogP contribution in [0.4, 0.5) is 5.95 Å². The first-order valence-electron chi connectivity index (χ1n) is 7.43. The molecule has 0 saturated carbocycles. The number of nitrogens with zero attached hydrogens (tertiary/aromatic N) is 2. The van der Waals surface area contributed by atoms with Crippen LogP contribution in [-0.2, 0) is 4.79 Å². The van der Waals surface area contributed by atoms with Gasteiger partial charge in [-0.15, -0.1) is 0 Å². The molecule has 0 saturated heterocycles. The Morgan fingerprint density at radius 3 is 2.52 bits per heavy atom. The normalized spacial score (nSPS) is 10.5. The number of aromatic nitrogens is 3. The molecule has 0 aliphatic heterocycles. The average Bonchev–Trinajstić information content (AvgIpc) is 2.60. The van der Waals surface area contributed by atoms with E-state index >= 15 is 0 Å². The van der Waals surface area contributed by atoms with Crippen LogP contribution < -0.4 is 20.3 Å². The van der Waals surface area contributed by atoms with Crippen LogP contribution in [0.3, 0.4) is 0 Å². The highest BCUT2D eigenvalue weighted by Gasteiger charge is 2.11. The van der Waals surface area contributed by atoms with Gasteiger partial charge in [-0.1, -0.05) is 0 Å². The third-order valence-electron chi connectivity index (χ3n) is 3.53. The van der Waals surface area contributed by atoms with E-state index in [4.69, 9.17) is 9.47 Å². The van der Waals surface area contributed by atoms with Crippen LogP contribution in [0.25, 0.3) is 22.3 Å². The van der Waals surface area contributed by atoms with E-state index in [1.807, 2.05) is 6.07 Å². The molecule has 25 heavy (non-hydrogen) atoms. The number of pyridine rings is 1. The van der Waals surface area contributed by atoms with Crippen LogP contribution in [0.2, 0.25) is 0 Å². The van der Waals surface area contributed by atoms with Crippen LogP contribution in [-0.4, -0.2) is 35.1 Å². The molecule has 0 fully saturated rings. The number of hydrogen-bond acceptors (Lipinski definition) is 6. The summed E-state index contributed by atoms with van der Waals surface area (Å²) in [5.74, 6) is 0.935. The minimum absolute atomic E-state index is 0.0886. The molecule has 1 amide bonds. The third-order valence-corrected chi connectivity index (χ3v) is 3.53. The van der Waals surface area contributed by atoms with Crippen molar-refractivity contribution in [2.45, 2.75) is 6.92 Å². The van der Waals surface area contributed by atoms with Crippen molar-refractivity contribution in [2.24, 2.45) is 0 Å². The first-order chi connectivity index (χ1) is 12.0. The van der Waals surface area contributed by atoms with Crippen LogP contribution in [0, 0.1) is 0 Å².